The Hall–Kier alpha value is -1.10. The number of phenolic OH excluding ortho intramolecular Hbond substituents is 1. The minimum absolute atomic E-state index is 0.0743. The molecule has 1 fully saturated rings. The summed E-state index contributed by atoms with van der Waals surface area (Å²) in [6.07, 6.45) is 0. The molecule has 0 aromatic heterocycles. The highest BCUT2D eigenvalue weighted by Crippen LogP contribution is 2.26. The molecule has 4 N–H and O–H groups in total. The van der Waals surface area contributed by atoms with Crippen LogP contribution in [0, 0.1) is 0 Å². The van der Waals surface area contributed by atoms with Crippen LogP contribution in [-0.4, -0.2) is 24.9 Å². The molecule has 1 aliphatic rings. The van der Waals surface area contributed by atoms with E-state index in [4.69, 9.17) is 10.5 Å². The van der Waals surface area contributed by atoms with E-state index in [0.717, 1.165) is 24.3 Å². The van der Waals surface area contributed by atoms with Gasteiger partial charge in [-0.1, -0.05) is 6.07 Å². The minimum Gasteiger partial charge on any atom is -0.508 e. The highest BCUT2D eigenvalue weighted by atomic mass is 16.5. The lowest BCUT2D eigenvalue weighted by molar-refractivity contribution is 0.0761. The molecule has 0 aliphatic carbocycles. The quantitative estimate of drug-likeness (QED) is 0.662. The molecule has 2 rings (SSSR count). The molecule has 1 aromatic carbocycles. The summed E-state index contributed by atoms with van der Waals surface area (Å²) in [6.45, 7) is 2.63. The molecule has 0 radical (unpaired) electrons. The first-order chi connectivity index (χ1) is 7.31. The van der Waals surface area contributed by atoms with Gasteiger partial charge in [-0.3, -0.25) is 0 Å². The van der Waals surface area contributed by atoms with Crippen molar-refractivity contribution in [2.45, 2.75) is 12.6 Å². The zero-order chi connectivity index (χ0) is 10.7. The number of phenols is 1. The predicted octanol–water partition coefficient (Wildman–Crippen LogP) is 0.512. The number of aromatic hydroxyl groups is 1. The fourth-order valence-corrected chi connectivity index (χ4v) is 1.78. The van der Waals surface area contributed by atoms with E-state index in [-0.39, 0.29) is 6.04 Å². The van der Waals surface area contributed by atoms with Gasteiger partial charge in [0.05, 0.1) is 19.3 Å². The largest absolute Gasteiger partial charge is 0.508 e. The first kappa shape index (κ1) is 10.4. The highest BCUT2D eigenvalue weighted by molar-refractivity contribution is 5.38. The van der Waals surface area contributed by atoms with Gasteiger partial charge >= 0.3 is 0 Å². The molecule has 0 saturated carbocycles. The third-order valence-electron chi connectivity index (χ3n) is 2.62. The van der Waals surface area contributed by atoms with Crippen molar-refractivity contribution in [1.82, 2.24) is 5.32 Å². The first-order valence-corrected chi connectivity index (χ1v) is 5.14. The number of hydrogen-bond acceptors (Lipinski definition) is 4. The molecule has 0 bridgehead atoms. The molecule has 4 heteroatoms. The number of ether oxygens (including phenoxy) is 1. The second-order valence-corrected chi connectivity index (χ2v) is 3.68. The summed E-state index contributed by atoms with van der Waals surface area (Å²) in [6, 6.07) is 5.53. The summed E-state index contributed by atoms with van der Waals surface area (Å²) in [5.74, 6) is 0.301. The van der Waals surface area contributed by atoms with E-state index in [1.807, 2.05) is 12.1 Å². The number of nitrogens with two attached hydrogens (primary N) is 1. The third-order valence-corrected chi connectivity index (χ3v) is 2.62. The van der Waals surface area contributed by atoms with E-state index >= 15 is 0 Å². The van der Waals surface area contributed by atoms with Gasteiger partial charge in [0, 0.05) is 18.7 Å². The van der Waals surface area contributed by atoms with Crippen LogP contribution in [0.5, 0.6) is 5.75 Å². The van der Waals surface area contributed by atoms with Crippen LogP contribution < -0.4 is 11.1 Å². The van der Waals surface area contributed by atoms with Gasteiger partial charge in [0.2, 0.25) is 0 Å². The summed E-state index contributed by atoms with van der Waals surface area (Å²) in [7, 11) is 0. The molecule has 0 amide bonds. The average molecular weight is 208 g/mol. The van der Waals surface area contributed by atoms with Gasteiger partial charge in [-0.2, -0.15) is 0 Å². The predicted molar refractivity (Wildman–Crippen MR) is 57.6 cm³/mol. The fourth-order valence-electron chi connectivity index (χ4n) is 1.78. The number of benzene rings is 1. The number of rotatable bonds is 2. The molecule has 15 heavy (non-hydrogen) atoms. The Labute approximate surface area is 89.0 Å². The van der Waals surface area contributed by atoms with Gasteiger partial charge in [-0.05, 0) is 17.7 Å². The Balaban J connectivity index is 2.24. The molecule has 82 valence electrons. The zero-order valence-corrected chi connectivity index (χ0v) is 8.57. The molecule has 1 aromatic rings. The van der Waals surface area contributed by atoms with Crippen LogP contribution >= 0.6 is 0 Å². The fraction of sp³-hybridized carbons (Fsp3) is 0.455. The van der Waals surface area contributed by atoms with Crippen molar-refractivity contribution >= 4 is 0 Å². The molecule has 4 nitrogen and oxygen atoms in total. The second-order valence-electron chi connectivity index (χ2n) is 3.68. The van der Waals surface area contributed by atoms with Gasteiger partial charge in [-0.15, -0.1) is 0 Å². The molecule has 1 heterocycles. The van der Waals surface area contributed by atoms with E-state index in [9.17, 15) is 5.11 Å². The van der Waals surface area contributed by atoms with Crippen LogP contribution in [-0.2, 0) is 11.3 Å². The van der Waals surface area contributed by atoms with Gasteiger partial charge in [-0.25, -0.2) is 0 Å². The Bertz CT molecular complexity index is 335. The van der Waals surface area contributed by atoms with E-state index < -0.39 is 0 Å². The zero-order valence-electron chi connectivity index (χ0n) is 8.57. The molecule has 1 saturated heterocycles. The Morgan fingerprint density at radius 1 is 1.53 bits per heavy atom. The van der Waals surface area contributed by atoms with Gasteiger partial charge < -0.3 is 20.9 Å². The monoisotopic (exact) mass is 208 g/mol. The first-order valence-electron chi connectivity index (χ1n) is 5.14. The maximum atomic E-state index is 9.75. The van der Waals surface area contributed by atoms with Crippen molar-refractivity contribution < 1.29 is 9.84 Å². The third kappa shape index (κ3) is 2.28. The Morgan fingerprint density at radius 3 is 3.07 bits per heavy atom. The van der Waals surface area contributed by atoms with Crippen LogP contribution in [0.25, 0.3) is 0 Å². The Morgan fingerprint density at radius 2 is 2.40 bits per heavy atom. The standard InChI is InChI=1S/C11H16N2O2/c12-6-8-1-2-11(14)9(5-8)10-7-15-4-3-13-10/h1-2,5,10,13-14H,3-4,6-7,12H2/t10-/m0/s1. The summed E-state index contributed by atoms with van der Waals surface area (Å²) >= 11 is 0. The van der Waals surface area contributed by atoms with Crippen LogP contribution in [0.1, 0.15) is 17.2 Å². The van der Waals surface area contributed by atoms with Crippen LogP contribution in [0.3, 0.4) is 0 Å². The highest BCUT2D eigenvalue weighted by Gasteiger charge is 2.18. The number of nitrogens with one attached hydrogen (secondary N) is 1. The molecule has 0 unspecified atom stereocenters. The number of hydrogen-bond donors (Lipinski definition) is 3. The van der Waals surface area contributed by atoms with Crippen molar-refractivity contribution in [3.63, 3.8) is 0 Å². The van der Waals surface area contributed by atoms with Gasteiger partial charge in [0.25, 0.3) is 0 Å². The van der Waals surface area contributed by atoms with Crippen LogP contribution in [0.4, 0.5) is 0 Å². The van der Waals surface area contributed by atoms with Crippen molar-refractivity contribution in [2.24, 2.45) is 5.73 Å². The summed E-state index contributed by atoms with van der Waals surface area (Å²) in [5, 5.41) is 13.0. The summed E-state index contributed by atoms with van der Waals surface area (Å²) < 4.78 is 5.36. The lowest BCUT2D eigenvalue weighted by atomic mass is 10.0. The lowest BCUT2D eigenvalue weighted by Crippen LogP contribution is -2.34. The van der Waals surface area contributed by atoms with Crippen molar-refractivity contribution in [3.8, 4) is 5.75 Å². The van der Waals surface area contributed by atoms with Crippen LogP contribution in [0.2, 0.25) is 0 Å². The van der Waals surface area contributed by atoms with E-state index in [1.54, 1.807) is 6.07 Å². The van der Waals surface area contributed by atoms with E-state index in [0.29, 0.717) is 18.9 Å². The maximum Gasteiger partial charge on any atom is 0.120 e. The molecule has 0 spiro atoms. The molecule has 1 aliphatic heterocycles. The smallest absolute Gasteiger partial charge is 0.120 e. The van der Waals surface area contributed by atoms with E-state index in [1.165, 1.54) is 0 Å². The summed E-state index contributed by atoms with van der Waals surface area (Å²) in [4.78, 5) is 0. The SMILES string of the molecule is NCc1ccc(O)c([C@@H]2COCCN2)c1. The molecule has 1 atom stereocenters. The van der Waals surface area contributed by atoms with Crippen molar-refractivity contribution in [1.29, 1.82) is 0 Å². The van der Waals surface area contributed by atoms with Crippen molar-refractivity contribution in [2.75, 3.05) is 19.8 Å². The summed E-state index contributed by atoms with van der Waals surface area (Å²) in [5.41, 5.74) is 7.46. The maximum absolute atomic E-state index is 9.75. The lowest BCUT2D eigenvalue weighted by Gasteiger charge is -2.25. The van der Waals surface area contributed by atoms with Gasteiger partial charge in [0.15, 0.2) is 0 Å². The van der Waals surface area contributed by atoms with Crippen LogP contribution in [0.15, 0.2) is 18.2 Å². The minimum atomic E-state index is 0.0743. The number of morpholine rings is 1. The second kappa shape index (κ2) is 4.61. The van der Waals surface area contributed by atoms with E-state index in [2.05, 4.69) is 5.32 Å². The van der Waals surface area contributed by atoms with Crippen molar-refractivity contribution in [3.05, 3.63) is 29.3 Å². The molecular weight excluding hydrogens is 192 g/mol. The molecular formula is C11H16N2O2. The average Bonchev–Trinajstić information content (AvgIpc) is 2.31. The normalized spacial score (nSPS) is 21.5. The topological polar surface area (TPSA) is 67.5 Å². The Kier molecular flexibility index (Phi) is 3.20. The van der Waals surface area contributed by atoms with Gasteiger partial charge in [0.1, 0.15) is 5.75 Å².